The number of aliphatic hydroxyl groups is 1. The first-order valence-electron chi connectivity index (χ1n) is 6.47. The fourth-order valence-corrected chi connectivity index (χ4v) is 2.15. The molecule has 0 fully saturated rings. The summed E-state index contributed by atoms with van der Waals surface area (Å²) in [6.45, 7) is 4.49. The van der Waals surface area contributed by atoms with Crippen molar-refractivity contribution in [3.63, 3.8) is 0 Å². The van der Waals surface area contributed by atoms with E-state index in [0.717, 1.165) is 25.8 Å². The first-order chi connectivity index (χ1) is 8.55. The summed E-state index contributed by atoms with van der Waals surface area (Å²) in [5.74, 6) is 0. The van der Waals surface area contributed by atoms with Crippen LogP contribution in [-0.2, 0) is 18.8 Å². The van der Waals surface area contributed by atoms with Crippen LogP contribution in [0.5, 0.6) is 0 Å². The second-order valence-electron chi connectivity index (χ2n) is 3.96. The van der Waals surface area contributed by atoms with Gasteiger partial charge in [-0.2, -0.15) is 8.42 Å². The predicted molar refractivity (Wildman–Crippen MR) is 74.3 cm³/mol. The smallest absolute Gasteiger partial charge is 0.396 e. The lowest BCUT2D eigenvalue weighted by atomic mass is 10.2. The van der Waals surface area contributed by atoms with Crippen LogP contribution in [0, 0.1) is 0 Å². The summed E-state index contributed by atoms with van der Waals surface area (Å²) in [4.78, 5) is 0. The number of aliphatic hydroxyl groups excluding tert-OH is 1. The van der Waals surface area contributed by atoms with Crippen molar-refractivity contribution in [2.45, 2.75) is 52.2 Å². The van der Waals surface area contributed by atoms with E-state index in [9.17, 15) is 8.42 Å². The van der Waals surface area contributed by atoms with Gasteiger partial charge in [0.1, 0.15) is 6.23 Å². The molecule has 5 N–H and O–H groups in total. The third-order valence-electron chi connectivity index (χ3n) is 2.29. The third kappa shape index (κ3) is 12.5. The normalized spacial score (nSPS) is 13.0. The number of nitrogens with one attached hydrogen (secondary N) is 1. The van der Waals surface area contributed by atoms with Gasteiger partial charge in [-0.1, -0.05) is 26.7 Å². The van der Waals surface area contributed by atoms with E-state index in [1.165, 1.54) is 0 Å². The van der Waals surface area contributed by atoms with E-state index < -0.39 is 16.6 Å². The van der Waals surface area contributed by atoms with Crippen LogP contribution in [0.15, 0.2) is 0 Å². The van der Waals surface area contributed by atoms with Gasteiger partial charge in [0.25, 0.3) is 0 Å². The molecule has 0 aromatic heterocycles. The van der Waals surface area contributed by atoms with Crippen molar-refractivity contribution in [2.24, 2.45) is 0 Å². The van der Waals surface area contributed by atoms with Gasteiger partial charge in [0.2, 0.25) is 0 Å². The number of hydrogen-bond acceptors (Lipinski definition) is 7. The predicted octanol–water partition coefficient (Wildman–Crippen LogP) is 1.32. The minimum Gasteiger partial charge on any atom is -0.396 e. The lowest BCUT2D eigenvalue weighted by molar-refractivity contribution is 0.123. The molecule has 0 aromatic rings. The minimum absolute atomic E-state index is 0. The van der Waals surface area contributed by atoms with Gasteiger partial charge in [-0.25, -0.2) is 8.37 Å². The summed E-state index contributed by atoms with van der Waals surface area (Å²) in [6, 6.07) is 0. The van der Waals surface area contributed by atoms with Gasteiger partial charge in [-0.3, -0.25) is 5.32 Å². The quantitative estimate of drug-likeness (QED) is 0.367. The summed E-state index contributed by atoms with van der Waals surface area (Å²) in [5, 5.41) is 11.5. The summed E-state index contributed by atoms with van der Waals surface area (Å²) in [7, 11) is -3.98. The molecule has 118 valence electrons. The van der Waals surface area contributed by atoms with Crippen molar-refractivity contribution < 1.29 is 21.9 Å². The lowest BCUT2D eigenvalue weighted by Gasteiger charge is -2.16. The molecule has 0 aliphatic carbocycles. The average molecular weight is 300 g/mol. The van der Waals surface area contributed by atoms with Gasteiger partial charge < -0.3 is 11.3 Å². The number of unbranched alkanes of at least 4 members (excludes halogenated alkanes) is 2. The second kappa shape index (κ2) is 12.8. The number of hydrogen-bond donors (Lipinski definition) is 3. The van der Waals surface area contributed by atoms with Crippen LogP contribution in [0.2, 0.25) is 0 Å². The molecule has 1 atom stereocenters. The molecule has 0 bridgehead atoms. The molecular formula is C11H28N2O5S. The number of rotatable bonds is 12. The van der Waals surface area contributed by atoms with Crippen molar-refractivity contribution in [2.75, 3.05) is 19.8 Å². The zero-order valence-corrected chi connectivity index (χ0v) is 12.7. The molecule has 1 unspecified atom stereocenters. The molecular weight excluding hydrogens is 272 g/mol. The van der Waals surface area contributed by atoms with Gasteiger partial charge >= 0.3 is 10.4 Å². The highest BCUT2D eigenvalue weighted by molar-refractivity contribution is 7.81. The Morgan fingerprint density at radius 1 is 1.21 bits per heavy atom. The summed E-state index contributed by atoms with van der Waals surface area (Å²) >= 11 is 0. The molecule has 0 heterocycles. The maximum Gasteiger partial charge on any atom is 0.401 e. The van der Waals surface area contributed by atoms with Crippen LogP contribution in [0.25, 0.3) is 0 Å². The summed E-state index contributed by atoms with van der Waals surface area (Å²) < 4.78 is 32.2. The fourth-order valence-electron chi connectivity index (χ4n) is 1.28. The third-order valence-corrected chi connectivity index (χ3v) is 3.21. The van der Waals surface area contributed by atoms with Gasteiger partial charge in [-0.05, 0) is 25.8 Å². The first kappa shape index (κ1) is 21.1. The van der Waals surface area contributed by atoms with Crippen LogP contribution in [0.3, 0.4) is 0 Å². The van der Waals surface area contributed by atoms with E-state index in [4.69, 9.17) is 9.29 Å². The van der Waals surface area contributed by atoms with Gasteiger partial charge in [0.15, 0.2) is 0 Å². The molecule has 0 aliphatic rings. The first-order valence-corrected chi connectivity index (χ1v) is 7.81. The molecule has 0 rings (SSSR count). The Hall–Kier alpha value is -0.250. The highest BCUT2D eigenvalue weighted by Crippen LogP contribution is 2.04. The molecule has 7 nitrogen and oxygen atoms in total. The summed E-state index contributed by atoms with van der Waals surface area (Å²) in [5.41, 5.74) is 0. The molecule has 8 heteroatoms. The Morgan fingerprint density at radius 3 is 2.42 bits per heavy atom. The standard InChI is InChI=1S/C11H25NO5S.H3N/c1-3-5-6-8-12-11(4-2)17-18(14,15)16-10-7-9-13;/h11-13H,3-10H2,1-2H3;1H3. The molecule has 0 amide bonds. The van der Waals surface area contributed by atoms with Crippen molar-refractivity contribution in [1.29, 1.82) is 0 Å². The van der Waals surface area contributed by atoms with Crippen molar-refractivity contribution in [3.05, 3.63) is 0 Å². The lowest BCUT2D eigenvalue weighted by Crippen LogP contribution is -2.34. The maximum absolute atomic E-state index is 11.4. The second-order valence-corrected chi connectivity index (χ2v) is 5.21. The molecule has 0 spiro atoms. The van der Waals surface area contributed by atoms with Crippen LogP contribution in [-0.4, -0.2) is 39.5 Å². The highest BCUT2D eigenvalue weighted by atomic mass is 32.3. The van der Waals surface area contributed by atoms with E-state index in [-0.39, 0.29) is 25.8 Å². The Labute approximate surface area is 116 Å². The van der Waals surface area contributed by atoms with Crippen LogP contribution >= 0.6 is 0 Å². The van der Waals surface area contributed by atoms with E-state index in [2.05, 4.69) is 16.4 Å². The molecule has 0 radical (unpaired) electrons. The van der Waals surface area contributed by atoms with E-state index >= 15 is 0 Å². The fraction of sp³-hybridized carbons (Fsp3) is 1.00. The summed E-state index contributed by atoms with van der Waals surface area (Å²) in [6.07, 6.45) is 3.45. The van der Waals surface area contributed by atoms with E-state index in [1.54, 1.807) is 0 Å². The Bertz CT molecular complexity index is 285. The zero-order chi connectivity index (χ0) is 13.9. The van der Waals surface area contributed by atoms with Gasteiger partial charge in [-0.15, -0.1) is 0 Å². The van der Waals surface area contributed by atoms with Gasteiger partial charge in [0, 0.05) is 6.61 Å². The highest BCUT2D eigenvalue weighted by Gasteiger charge is 2.18. The molecule has 19 heavy (non-hydrogen) atoms. The Balaban J connectivity index is 0. The van der Waals surface area contributed by atoms with E-state index in [1.807, 2.05) is 6.92 Å². The Kier molecular flexibility index (Phi) is 14.1. The maximum atomic E-state index is 11.4. The minimum atomic E-state index is -3.98. The van der Waals surface area contributed by atoms with E-state index in [0.29, 0.717) is 6.42 Å². The van der Waals surface area contributed by atoms with Crippen molar-refractivity contribution in [1.82, 2.24) is 11.5 Å². The largest absolute Gasteiger partial charge is 0.401 e. The van der Waals surface area contributed by atoms with Gasteiger partial charge in [0.05, 0.1) is 6.61 Å². The zero-order valence-electron chi connectivity index (χ0n) is 11.9. The SMILES string of the molecule is CCCCCNC(CC)OS(=O)(=O)OCCCO.N. The molecule has 0 saturated carbocycles. The van der Waals surface area contributed by atoms with Crippen LogP contribution in [0.1, 0.15) is 46.0 Å². The van der Waals surface area contributed by atoms with Crippen LogP contribution < -0.4 is 11.5 Å². The molecule has 0 aliphatic heterocycles. The van der Waals surface area contributed by atoms with Crippen molar-refractivity contribution >= 4 is 10.4 Å². The molecule has 0 saturated heterocycles. The Morgan fingerprint density at radius 2 is 1.89 bits per heavy atom. The molecule has 0 aromatic carbocycles. The topological polar surface area (TPSA) is 120 Å². The average Bonchev–Trinajstić information content (AvgIpc) is 2.33. The van der Waals surface area contributed by atoms with Crippen LogP contribution in [0.4, 0.5) is 0 Å². The van der Waals surface area contributed by atoms with Crippen molar-refractivity contribution in [3.8, 4) is 0 Å². The monoisotopic (exact) mass is 300 g/mol.